The van der Waals surface area contributed by atoms with Crippen LogP contribution in [0.3, 0.4) is 0 Å². The molecule has 102 valence electrons. The van der Waals surface area contributed by atoms with Gasteiger partial charge in [0.25, 0.3) is 0 Å². The molecule has 19 heavy (non-hydrogen) atoms. The van der Waals surface area contributed by atoms with E-state index in [1.165, 1.54) is 5.52 Å². The van der Waals surface area contributed by atoms with E-state index in [1.807, 2.05) is 13.8 Å². The van der Waals surface area contributed by atoms with Crippen molar-refractivity contribution in [2.75, 3.05) is 6.61 Å². The predicted octanol–water partition coefficient (Wildman–Crippen LogP) is 2.03. The zero-order valence-corrected chi connectivity index (χ0v) is 14.0. The van der Waals surface area contributed by atoms with Gasteiger partial charge in [0.05, 0.1) is 0 Å². The summed E-state index contributed by atoms with van der Waals surface area (Å²) >= 11 is -0.142. The minimum atomic E-state index is -0.402. The average molecular weight is 374 g/mol. The fourth-order valence-electron chi connectivity index (χ4n) is 2.61. The maximum absolute atomic E-state index is 5.88. The van der Waals surface area contributed by atoms with Crippen molar-refractivity contribution in [3.8, 4) is 0 Å². The molecule has 0 N–H and O–H groups in total. The summed E-state index contributed by atoms with van der Waals surface area (Å²) in [5.74, 6) is -0.402. The first-order chi connectivity index (χ1) is 9.05. The van der Waals surface area contributed by atoms with Crippen LogP contribution in [0.2, 0.25) is 0 Å². The van der Waals surface area contributed by atoms with Gasteiger partial charge in [0.1, 0.15) is 0 Å². The third-order valence-electron chi connectivity index (χ3n) is 3.54. The Labute approximate surface area is 123 Å². The summed E-state index contributed by atoms with van der Waals surface area (Å²) in [4.78, 5) is 0. The van der Waals surface area contributed by atoms with Gasteiger partial charge in [-0.3, -0.25) is 0 Å². The van der Waals surface area contributed by atoms with Crippen molar-refractivity contribution < 1.29 is 14.0 Å². The van der Waals surface area contributed by atoms with E-state index in [-0.39, 0.29) is 26.5 Å². The summed E-state index contributed by atoms with van der Waals surface area (Å²) < 4.78 is 17.1. The first kappa shape index (κ1) is 13.6. The molecule has 1 aromatic carbocycles. The summed E-state index contributed by atoms with van der Waals surface area (Å²) in [6.07, 6.45) is 1.26. The van der Waals surface area contributed by atoms with Crippen LogP contribution in [0.15, 0.2) is 24.3 Å². The Bertz CT molecular complexity index is 591. The second-order valence-corrected chi connectivity index (χ2v) is 9.00. The van der Waals surface area contributed by atoms with Gasteiger partial charge in [0, 0.05) is 0 Å². The van der Waals surface area contributed by atoms with E-state index in [0.717, 1.165) is 19.6 Å². The summed E-state index contributed by atoms with van der Waals surface area (Å²) in [6.45, 7) is 8.01. The van der Waals surface area contributed by atoms with Crippen molar-refractivity contribution in [1.29, 1.82) is 0 Å². The Hall–Kier alpha value is -0.400. The van der Waals surface area contributed by atoms with Crippen LogP contribution in [0.1, 0.15) is 24.0 Å². The summed E-state index contributed by atoms with van der Waals surface area (Å²) in [6, 6.07) is 8.80. The standard InChI is InChI=1S/C15H20NO2Te/c1-11-16(13-6-4-5-7-14(13)19-11)9-8-12-10-17-15(2,3)18-12/h4-7,12H,8-10H2,1-3H3/q+1. The van der Waals surface area contributed by atoms with Crippen LogP contribution >= 0.6 is 0 Å². The topological polar surface area (TPSA) is 22.3 Å². The predicted molar refractivity (Wildman–Crippen MR) is 75.3 cm³/mol. The summed E-state index contributed by atoms with van der Waals surface area (Å²) in [5.41, 5.74) is 1.42. The molecule has 0 aliphatic carbocycles. The van der Waals surface area contributed by atoms with Crippen molar-refractivity contribution in [2.24, 2.45) is 0 Å². The number of fused-ring (bicyclic) bond motifs is 1. The molecule has 1 unspecified atom stereocenters. The van der Waals surface area contributed by atoms with E-state index in [1.54, 1.807) is 7.11 Å². The molecule has 0 saturated carbocycles. The minimum absolute atomic E-state index is 0.142. The third kappa shape index (κ3) is 2.87. The fraction of sp³-hybridized carbons (Fsp3) is 0.533. The quantitative estimate of drug-likeness (QED) is 0.606. The molecule has 3 rings (SSSR count). The molecule has 1 aromatic heterocycles. The van der Waals surface area contributed by atoms with Gasteiger partial charge in [0.2, 0.25) is 0 Å². The second kappa shape index (κ2) is 5.18. The van der Waals surface area contributed by atoms with Gasteiger partial charge in [-0.1, -0.05) is 0 Å². The number of nitrogens with zero attached hydrogens (tertiary/aromatic N) is 1. The van der Waals surface area contributed by atoms with Crippen molar-refractivity contribution in [2.45, 2.75) is 45.6 Å². The van der Waals surface area contributed by atoms with Crippen LogP contribution in [0.25, 0.3) is 8.92 Å². The molecule has 3 nitrogen and oxygen atoms in total. The van der Waals surface area contributed by atoms with E-state index >= 15 is 0 Å². The molecule has 0 spiro atoms. The van der Waals surface area contributed by atoms with Gasteiger partial charge in [-0.05, 0) is 0 Å². The number of hydrogen-bond donors (Lipinski definition) is 0. The van der Waals surface area contributed by atoms with Gasteiger partial charge in [-0.15, -0.1) is 0 Å². The van der Waals surface area contributed by atoms with Crippen molar-refractivity contribution >= 4 is 29.3 Å². The normalized spacial score (nSPS) is 22.2. The van der Waals surface area contributed by atoms with Crippen LogP contribution < -0.4 is 4.57 Å². The van der Waals surface area contributed by atoms with E-state index in [4.69, 9.17) is 9.47 Å². The Balaban J connectivity index is 1.74. The molecular formula is C15H20NO2Te+. The molecule has 0 radical (unpaired) electrons. The SMILES string of the molecule is Cc1[te]c2ccccc2[n+]1CCC1COC(C)(C)O1. The van der Waals surface area contributed by atoms with E-state index in [9.17, 15) is 0 Å². The Morgan fingerprint density at radius 1 is 1.37 bits per heavy atom. The molecule has 1 fully saturated rings. The van der Waals surface area contributed by atoms with Gasteiger partial charge in [-0.2, -0.15) is 0 Å². The number of benzene rings is 1. The van der Waals surface area contributed by atoms with Crippen LogP contribution in [0.4, 0.5) is 0 Å². The first-order valence-electron chi connectivity index (χ1n) is 6.75. The molecule has 1 aliphatic heterocycles. The van der Waals surface area contributed by atoms with Crippen LogP contribution in [-0.4, -0.2) is 38.9 Å². The van der Waals surface area contributed by atoms with E-state index in [0.29, 0.717) is 0 Å². The Kier molecular flexibility index (Phi) is 3.70. The van der Waals surface area contributed by atoms with Crippen LogP contribution in [0, 0.1) is 6.92 Å². The summed E-state index contributed by atoms with van der Waals surface area (Å²) in [5, 5.41) is 0. The van der Waals surface area contributed by atoms with Gasteiger partial charge >= 0.3 is 124 Å². The number of hydrogen-bond acceptors (Lipinski definition) is 2. The van der Waals surface area contributed by atoms with Gasteiger partial charge in [-0.25, -0.2) is 0 Å². The van der Waals surface area contributed by atoms with Crippen LogP contribution in [-0.2, 0) is 16.0 Å². The monoisotopic (exact) mass is 376 g/mol. The molecule has 1 atom stereocenters. The fourth-order valence-corrected chi connectivity index (χ4v) is 5.60. The van der Waals surface area contributed by atoms with Gasteiger partial charge in [0.15, 0.2) is 0 Å². The molecule has 2 heterocycles. The molecular weight excluding hydrogens is 354 g/mol. The number of para-hydroxylation sites is 1. The zero-order valence-electron chi connectivity index (χ0n) is 11.7. The molecule has 0 bridgehead atoms. The van der Waals surface area contributed by atoms with Crippen molar-refractivity contribution in [1.82, 2.24) is 0 Å². The zero-order chi connectivity index (χ0) is 13.5. The third-order valence-corrected chi connectivity index (χ3v) is 6.62. The Morgan fingerprint density at radius 3 is 2.89 bits per heavy atom. The number of aromatic nitrogens is 1. The first-order valence-corrected chi connectivity index (χ1v) is 9.08. The Morgan fingerprint density at radius 2 is 2.16 bits per heavy atom. The van der Waals surface area contributed by atoms with Crippen molar-refractivity contribution in [3.63, 3.8) is 0 Å². The molecule has 1 saturated heterocycles. The molecule has 0 amide bonds. The number of ether oxygens (including phenoxy) is 2. The maximum atomic E-state index is 5.88. The van der Waals surface area contributed by atoms with E-state index < -0.39 is 5.79 Å². The molecule has 1 aliphatic rings. The summed E-state index contributed by atoms with van der Waals surface area (Å²) in [7, 11) is 0. The second-order valence-electron chi connectivity index (χ2n) is 5.48. The van der Waals surface area contributed by atoms with E-state index in [2.05, 4.69) is 35.8 Å². The van der Waals surface area contributed by atoms with Gasteiger partial charge < -0.3 is 0 Å². The van der Waals surface area contributed by atoms with Crippen molar-refractivity contribution in [3.05, 3.63) is 28.0 Å². The van der Waals surface area contributed by atoms with Crippen LogP contribution in [0.5, 0.6) is 0 Å². The molecule has 4 heteroatoms. The number of aryl methyl sites for hydroxylation is 2. The molecule has 2 aromatic rings. The number of rotatable bonds is 3. The average Bonchev–Trinajstić information content (AvgIpc) is 2.86.